The fourth-order valence-corrected chi connectivity index (χ4v) is 4.65. The number of nitrogens with zero attached hydrogens (tertiary/aromatic N) is 3. The van der Waals surface area contributed by atoms with Crippen LogP contribution in [-0.2, 0) is 10.0 Å². The van der Waals surface area contributed by atoms with Crippen molar-refractivity contribution in [3.8, 4) is 11.5 Å². The van der Waals surface area contributed by atoms with Crippen molar-refractivity contribution in [2.45, 2.75) is 23.6 Å². The summed E-state index contributed by atoms with van der Waals surface area (Å²) in [6.07, 6.45) is 1.99. The Hall–Kier alpha value is -2.69. The largest absolute Gasteiger partial charge is 0.403 e. The van der Waals surface area contributed by atoms with Gasteiger partial charge in [0.15, 0.2) is 0 Å². The predicted molar refractivity (Wildman–Crippen MR) is 116 cm³/mol. The third-order valence-corrected chi connectivity index (χ3v) is 7.25. The third-order valence-electron chi connectivity index (χ3n) is 4.44. The summed E-state index contributed by atoms with van der Waals surface area (Å²) in [5.41, 5.74) is 1.02. The average molecular weight is 447 g/mol. The first-order valence-corrected chi connectivity index (χ1v) is 11.9. The van der Waals surface area contributed by atoms with Crippen LogP contribution in [0.2, 0.25) is 0 Å². The molecule has 3 rings (SSSR count). The van der Waals surface area contributed by atoms with Gasteiger partial charge in [-0.25, -0.2) is 8.42 Å². The second-order valence-electron chi connectivity index (χ2n) is 6.21. The molecule has 0 fully saturated rings. The van der Waals surface area contributed by atoms with Gasteiger partial charge in [-0.2, -0.15) is 4.31 Å². The minimum atomic E-state index is -3.58. The molecule has 0 radical (unpaired) electrons. The zero-order valence-corrected chi connectivity index (χ0v) is 18.5. The maximum Gasteiger partial charge on any atom is 0.322 e. The van der Waals surface area contributed by atoms with Crippen LogP contribution in [-0.4, -0.2) is 48.2 Å². The van der Waals surface area contributed by atoms with E-state index in [9.17, 15) is 13.2 Å². The molecule has 0 aliphatic heterocycles. The maximum absolute atomic E-state index is 12.5. The number of amides is 1. The van der Waals surface area contributed by atoms with Crippen molar-refractivity contribution in [3.05, 3.63) is 54.1 Å². The van der Waals surface area contributed by atoms with Crippen LogP contribution in [0.3, 0.4) is 0 Å². The molecule has 30 heavy (non-hydrogen) atoms. The zero-order valence-electron chi connectivity index (χ0n) is 16.8. The summed E-state index contributed by atoms with van der Waals surface area (Å²) >= 11 is 1.63. The summed E-state index contributed by atoms with van der Waals surface area (Å²) in [6, 6.07) is 13.3. The highest BCUT2D eigenvalue weighted by Crippen LogP contribution is 2.23. The van der Waals surface area contributed by atoms with E-state index >= 15 is 0 Å². The summed E-state index contributed by atoms with van der Waals surface area (Å²) in [5, 5.41) is 10.3. The van der Waals surface area contributed by atoms with Crippen LogP contribution in [0.5, 0.6) is 0 Å². The van der Waals surface area contributed by atoms with Crippen LogP contribution in [0.4, 0.5) is 6.01 Å². The molecule has 0 atom stereocenters. The van der Waals surface area contributed by atoms with Gasteiger partial charge >= 0.3 is 6.01 Å². The lowest BCUT2D eigenvalue weighted by molar-refractivity contribution is 0.102. The number of sulfonamides is 1. The van der Waals surface area contributed by atoms with Gasteiger partial charge in [-0.15, -0.1) is 16.9 Å². The number of nitrogens with one attached hydrogen (secondary N) is 1. The lowest BCUT2D eigenvalue weighted by Crippen LogP contribution is -2.30. The summed E-state index contributed by atoms with van der Waals surface area (Å²) < 4.78 is 31.9. The first-order valence-electron chi connectivity index (χ1n) is 9.28. The normalized spacial score (nSPS) is 11.6. The molecule has 0 saturated carbocycles. The van der Waals surface area contributed by atoms with E-state index in [1.807, 2.05) is 30.5 Å². The van der Waals surface area contributed by atoms with Crippen molar-refractivity contribution in [2.75, 3.05) is 24.7 Å². The van der Waals surface area contributed by atoms with E-state index in [1.54, 1.807) is 25.6 Å². The van der Waals surface area contributed by atoms with E-state index in [-0.39, 0.29) is 16.5 Å². The zero-order chi connectivity index (χ0) is 21.7. The topological polar surface area (TPSA) is 105 Å². The van der Waals surface area contributed by atoms with Crippen molar-refractivity contribution in [3.63, 3.8) is 0 Å². The molecule has 0 aliphatic rings. The number of rotatable bonds is 8. The van der Waals surface area contributed by atoms with Crippen molar-refractivity contribution in [1.29, 1.82) is 0 Å². The van der Waals surface area contributed by atoms with Gasteiger partial charge in [-0.1, -0.05) is 18.9 Å². The molecule has 158 valence electrons. The van der Waals surface area contributed by atoms with Gasteiger partial charge in [0, 0.05) is 29.1 Å². The molecule has 3 aromatic rings. The molecule has 1 N–H and O–H groups in total. The van der Waals surface area contributed by atoms with Gasteiger partial charge in [-0.05, 0) is 54.8 Å². The summed E-state index contributed by atoms with van der Waals surface area (Å²) in [7, 11) is -3.58. The highest BCUT2D eigenvalue weighted by Gasteiger charge is 2.22. The number of hydrogen-bond donors (Lipinski definition) is 1. The van der Waals surface area contributed by atoms with Crippen LogP contribution in [0.25, 0.3) is 11.5 Å². The van der Waals surface area contributed by atoms with Crippen LogP contribution in [0.1, 0.15) is 24.2 Å². The number of aromatic nitrogens is 2. The van der Waals surface area contributed by atoms with Crippen LogP contribution < -0.4 is 5.32 Å². The fourth-order valence-electron chi connectivity index (χ4n) is 2.78. The van der Waals surface area contributed by atoms with Gasteiger partial charge in [0.25, 0.3) is 5.91 Å². The van der Waals surface area contributed by atoms with Gasteiger partial charge in [-0.3, -0.25) is 10.1 Å². The molecule has 2 aromatic carbocycles. The van der Waals surface area contributed by atoms with Crippen molar-refractivity contribution in [1.82, 2.24) is 14.5 Å². The van der Waals surface area contributed by atoms with E-state index in [0.717, 1.165) is 10.5 Å². The lowest BCUT2D eigenvalue weighted by atomic mass is 10.2. The Labute approximate surface area is 179 Å². The molecule has 0 saturated heterocycles. The predicted octanol–water partition coefficient (Wildman–Crippen LogP) is 3.74. The van der Waals surface area contributed by atoms with Gasteiger partial charge in [0.05, 0.1) is 4.90 Å². The van der Waals surface area contributed by atoms with E-state index in [0.29, 0.717) is 19.0 Å². The van der Waals surface area contributed by atoms with Crippen molar-refractivity contribution in [2.24, 2.45) is 0 Å². The monoisotopic (exact) mass is 446 g/mol. The van der Waals surface area contributed by atoms with Crippen molar-refractivity contribution >= 4 is 33.7 Å². The average Bonchev–Trinajstić information content (AvgIpc) is 3.23. The Kier molecular flexibility index (Phi) is 6.91. The number of hydrogen-bond acceptors (Lipinski definition) is 7. The Balaban J connectivity index is 1.71. The Morgan fingerprint density at radius 1 is 1.03 bits per heavy atom. The van der Waals surface area contributed by atoms with Gasteiger partial charge in [0.2, 0.25) is 15.9 Å². The van der Waals surface area contributed by atoms with E-state index in [1.165, 1.54) is 28.6 Å². The highest BCUT2D eigenvalue weighted by atomic mass is 32.2. The minimum Gasteiger partial charge on any atom is -0.403 e. The smallest absolute Gasteiger partial charge is 0.322 e. The van der Waals surface area contributed by atoms with Crippen molar-refractivity contribution < 1.29 is 17.6 Å². The van der Waals surface area contributed by atoms with Crippen LogP contribution in [0, 0.1) is 0 Å². The van der Waals surface area contributed by atoms with Crippen LogP contribution >= 0.6 is 11.8 Å². The van der Waals surface area contributed by atoms with Gasteiger partial charge < -0.3 is 4.42 Å². The fraction of sp³-hybridized carbons (Fsp3) is 0.250. The molecule has 8 nitrogen and oxygen atoms in total. The summed E-state index contributed by atoms with van der Waals surface area (Å²) in [5.74, 6) is -0.187. The molecular weight excluding hydrogens is 424 g/mol. The van der Waals surface area contributed by atoms with Crippen LogP contribution in [0.15, 0.2) is 62.7 Å². The highest BCUT2D eigenvalue weighted by molar-refractivity contribution is 7.98. The number of thioether (sulfide) groups is 1. The van der Waals surface area contributed by atoms with E-state index in [2.05, 4.69) is 15.5 Å². The first-order chi connectivity index (χ1) is 14.4. The Morgan fingerprint density at radius 2 is 1.67 bits per heavy atom. The molecule has 0 aliphatic carbocycles. The SMILES string of the molecule is CCN(CC)S(=O)(=O)c1ccc(C(=O)Nc2nnc(-c3ccc(SC)cc3)o2)cc1. The molecule has 0 unspecified atom stereocenters. The quantitative estimate of drug-likeness (QED) is 0.525. The molecule has 10 heteroatoms. The standard InChI is InChI=1S/C20H22N4O4S2/c1-4-24(5-2)30(26,27)17-12-8-14(9-13-17)18(25)21-20-23-22-19(28-20)15-6-10-16(29-3)11-7-15/h6-13H,4-5H2,1-3H3,(H,21,23,25). The Morgan fingerprint density at radius 3 is 2.23 bits per heavy atom. The first kappa shape index (κ1) is 22.0. The molecule has 1 aromatic heterocycles. The molecule has 0 spiro atoms. The summed E-state index contributed by atoms with van der Waals surface area (Å²) in [4.78, 5) is 13.7. The third kappa shape index (κ3) is 4.72. The summed E-state index contributed by atoms with van der Waals surface area (Å²) in [6.45, 7) is 4.30. The Bertz CT molecular complexity index is 1110. The van der Waals surface area contributed by atoms with E-state index < -0.39 is 15.9 Å². The molecular formula is C20H22N4O4S2. The lowest BCUT2D eigenvalue weighted by Gasteiger charge is -2.18. The number of carbonyl (C=O) groups excluding carboxylic acids is 1. The number of anilines is 1. The minimum absolute atomic E-state index is 0.0382. The molecule has 1 heterocycles. The number of benzene rings is 2. The van der Waals surface area contributed by atoms with Gasteiger partial charge in [0.1, 0.15) is 0 Å². The maximum atomic E-state index is 12.5. The van der Waals surface area contributed by atoms with E-state index in [4.69, 9.17) is 4.42 Å². The molecule has 0 bridgehead atoms. The second-order valence-corrected chi connectivity index (χ2v) is 9.03. The second kappa shape index (κ2) is 9.41. The number of carbonyl (C=O) groups is 1. The molecule has 1 amide bonds.